The Hall–Kier alpha value is -3.76. The standard InChI is InChI=1S/C23H21N3O7/c1-2-23(32)15-6-17-20-11(8-26(17)21(30)14(15)10-33-22(23)31)5-12-13(7-24-19(29)9-27)18(28)4-3-16(12)25-20/h3-6,27-28,32H,2,7-10H2,1H3,(H,24,29)/t23-/m0/s1. The van der Waals surface area contributed by atoms with E-state index in [1.54, 1.807) is 25.1 Å². The molecule has 1 aromatic carbocycles. The molecule has 2 aliphatic heterocycles. The molecule has 10 nitrogen and oxygen atoms in total. The van der Waals surface area contributed by atoms with Crippen molar-refractivity contribution in [1.29, 1.82) is 0 Å². The molecule has 0 radical (unpaired) electrons. The van der Waals surface area contributed by atoms with Crippen LogP contribution in [0, 0.1) is 0 Å². The molecule has 0 saturated carbocycles. The fourth-order valence-electron chi connectivity index (χ4n) is 4.53. The number of rotatable bonds is 4. The predicted octanol–water partition coefficient (Wildman–Crippen LogP) is 0.394. The second-order valence-electron chi connectivity index (χ2n) is 8.16. The molecule has 0 unspecified atom stereocenters. The van der Waals surface area contributed by atoms with Gasteiger partial charge in [0.1, 0.15) is 19.0 Å². The smallest absolute Gasteiger partial charge is 0.343 e. The van der Waals surface area contributed by atoms with E-state index in [-0.39, 0.29) is 48.6 Å². The molecule has 2 aromatic heterocycles. The van der Waals surface area contributed by atoms with Crippen LogP contribution >= 0.6 is 0 Å². The van der Waals surface area contributed by atoms with Crippen LogP contribution in [0.25, 0.3) is 22.3 Å². The summed E-state index contributed by atoms with van der Waals surface area (Å²) in [7, 11) is 0. The summed E-state index contributed by atoms with van der Waals surface area (Å²) < 4.78 is 6.60. The number of benzene rings is 1. The van der Waals surface area contributed by atoms with Crippen LogP contribution in [0.1, 0.15) is 35.6 Å². The van der Waals surface area contributed by atoms with Crippen LogP contribution in [0.15, 0.2) is 29.1 Å². The minimum atomic E-state index is -1.90. The van der Waals surface area contributed by atoms with Crippen LogP contribution in [0.3, 0.4) is 0 Å². The van der Waals surface area contributed by atoms with E-state index < -0.39 is 24.1 Å². The molecule has 4 heterocycles. The first-order chi connectivity index (χ1) is 15.8. The third-order valence-corrected chi connectivity index (χ3v) is 6.38. The monoisotopic (exact) mass is 451 g/mol. The maximum absolute atomic E-state index is 13.2. The number of hydrogen-bond acceptors (Lipinski definition) is 8. The van der Waals surface area contributed by atoms with Crippen molar-refractivity contribution in [1.82, 2.24) is 14.9 Å². The highest BCUT2D eigenvalue weighted by Gasteiger charge is 2.45. The van der Waals surface area contributed by atoms with Crippen molar-refractivity contribution in [2.24, 2.45) is 0 Å². The van der Waals surface area contributed by atoms with Gasteiger partial charge in [-0.05, 0) is 30.7 Å². The first-order valence-corrected chi connectivity index (χ1v) is 10.5. The molecule has 1 atom stereocenters. The van der Waals surface area contributed by atoms with E-state index in [1.807, 2.05) is 0 Å². The van der Waals surface area contributed by atoms with Crippen molar-refractivity contribution in [3.8, 4) is 17.1 Å². The number of pyridine rings is 2. The van der Waals surface area contributed by atoms with Gasteiger partial charge in [-0.3, -0.25) is 9.59 Å². The van der Waals surface area contributed by atoms with Crippen molar-refractivity contribution in [3.63, 3.8) is 0 Å². The minimum absolute atomic E-state index is 0.00674. The topological polar surface area (TPSA) is 151 Å². The number of aromatic hydroxyl groups is 1. The third-order valence-electron chi connectivity index (χ3n) is 6.38. The molecule has 0 aliphatic carbocycles. The van der Waals surface area contributed by atoms with Gasteiger partial charge in [-0.2, -0.15) is 0 Å². The molecule has 33 heavy (non-hydrogen) atoms. The average Bonchev–Trinajstić information content (AvgIpc) is 3.17. The maximum Gasteiger partial charge on any atom is 0.343 e. The Kier molecular flexibility index (Phi) is 4.73. The van der Waals surface area contributed by atoms with E-state index in [0.717, 1.165) is 5.56 Å². The number of aromatic nitrogens is 2. The number of phenolic OH excluding ortho intramolecular Hbond substituents is 1. The molecule has 0 bridgehead atoms. The van der Waals surface area contributed by atoms with Crippen molar-refractivity contribution in [3.05, 3.63) is 56.9 Å². The van der Waals surface area contributed by atoms with Crippen molar-refractivity contribution in [2.45, 2.75) is 38.6 Å². The van der Waals surface area contributed by atoms with Crippen LogP contribution in [-0.2, 0) is 39.6 Å². The summed E-state index contributed by atoms with van der Waals surface area (Å²) in [4.78, 5) is 41.7. The number of amides is 1. The van der Waals surface area contributed by atoms with E-state index in [4.69, 9.17) is 14.8 Å². The van der Waals surface area contributed by atoms with Gasteiger partial charge in [-0.15, -0.1) is 0 Å². The summed E-state index contributed by atoms with van der Waals surface area (Å²) in [5, 5.41) is 33.4. The number of cyclic esters (lactones) is 1. The van der Waals surface area contributed by atoms with E-state index in [9.17, 15) is 24.6 Å². The van der Waals surface area contributed by atoms with Crippen LogP contribution in [0.4, 0.5) is 0 Å². The van der Waals surface area contributed by atoms with Crippen molar-refractivity contribution in [2.75, 3.05) is 6.61 Å². The molecular formula is C23H21N3O7. The summed E-state index contributed by atoms with van der Waals surface area (Å²) in [5.74, 6) is -1.39. The summed E-state index contributed by atoms with van der Waals surface area (Å²) >= 11 is 0. The third kappa shape index (κ3) is 3.02. The quantitative estimate of drug-likeness (QED) is 0.326. The van der Waals surface area contributed by atoms with Gasteiger partial charge >= 0.3 is 5.97 Å². The maximum atomic E-state index is 13.2. The van der Waals surface area contributed by atoms with Gasteiger partial charge in [0.05, 0.1) is 29.0 Å². The summed E-state index contributed by atoms with van der Waals surface area (Å²) in [5.41, 5.74) is 0.935. The SMILES string of the molecule is CC[C@@]1(O)C(=O)OCc2c1cc1n(c2=O)Cc2cc3c(CNC(=O)CO)c(O)ccc3nc2-1. The lowest BCUT2D eigenvalue weighted by Crippen LogP contribution is -2.44. The minimum Gasteiger partial charge on any atom is -0.508 e. The lowest BCUT2D eigenvalue weighted by atomic mass is 9.86. The molecule has 0 spiro atoms. The zero-order chi connectivity index (χ0) is 23.5. The normalized spacial score (nSPS) is 18.5. The highest BCUT2D eigenvalue weighted by molar-refractivity contribution is 5.89. The highest BCUT2D eigenvalue weighted by atomic mass is 16.6. The number of carbonyl (C=O) groups excluding carboxylic acids is 2. The number of phenols is 1. The van der Waals surface area contributed by atoms with Crippen molar-refractivity contribution < 1.29 is 29.6 Å². The van der Waals surface area contributed by atoms with Gasteiger partial charge in [-0.25, -0.2) is 9.78 Å². The zero-order valence-corrected chi connectivity index (χ0v) is 17.7. The Morgan fingerprint density at radius 3 is 2.82 bits per heavy atom. The van der Waals surface area contributed by atoms with E-state index >= 15 is 0 Å². The summed E-state index contributed by atoms with van der Waals surface area (Å²) in [6.45, 7) is 0.982. The van der Waals surface area contributed by atoms with Gasteiger partial charge in [0.25, 0.3) is 5.56 Å². The molecule has 2 aliphatic rings. The van der Waals surface area contributed by atoms with Crippen LogP contribution in [0.5, 0.6) is 5.75 Å². The molecule has 4 N–H and O–H groups in total. The molecule has 1 amide bonds. The second kappa shape index (κ2) is 7.39. The fourth-order valence-corrected chi connectivity index (χ4v) is 4.53. The Bertz CT molecular complexity index is 1410. The fraction of sp³-hybridized carbons (Fsp3) is 0.304. The highest BCUT2D eigenvalue weighted by Crippen LogP contribution is 2.39. The van der Waals surface area contributed by atoms with Crippen LogP contribution in [-0.4, -0.2) is 43.4 Å². The number of ether oxygens (including phenoxy) is 1. The van der Waals surface area contributed by atoms with Gasteiger partial charge in [-0.1, -0.05) is 6.92 Å². The van der Waals surface area contributed by atoms with Gasteiger partial charge in [0.2, 0.25) is 5.91 Å². The average molecular weight is 451 g/mol. The first kappa shape index (κ1) is 21.1. The number of aliphatic hydroxyl groups is 2. The van der Waals surface area contributed by atoms with E-state index in [0.29, 0.717) is 27.9 Å². The molecule has 0 saturated heterocycles. The Morgan fingerprint density at radius 1 is 1.30 bits per heavy atom. The first-order valence-electron chi connectivity index (χ1n) is 10.5. The molecule has 5 rings (SSSR count). The number of nitrogens with one attached hydrogen (secondary N) is 1. The predicted molar refractivity (Wildman–Crippen MR) is 115 cm³/mol. The van der Waals surface area contributed by atoms with Gasteiger partial charge < -0.3 is 29.9 Å². The van der Waals surface area contributed by atoms with Crippen molar-refractivity contribution >= 4 is 22.8 Å². The van der Waals surface area contributed by atoms with Gasteiger partial charge in [0, 0.05) is 28.6 Å². The number of nitrogens with zero attached hydrogens (tertiary/aromatic N) is 2. The molecule has 3 aromatic rings. The summed E-state index contributed by atoms with van der Waals surface area (Å²) in [6.07, 6.45) is 0.0575. The Labute approximate surface area is 187 Å². The Balaban J connectivity index is 1.68. The molecule has 0 fully saturated rings. The number of fused-ring (bicyclic) bond motifs is 5. The number of aliphatic hydroxyl groups excluding tert-OH is 1. The lowest BCUT2D eigenvalue weighted by Gasteiger charge is -2.31. The van der Waals surface area contributed by atoms with Crippen LogP contribution in [0.2, 0.25) is 0 Å². The lowest BCUT2D eigenvalue weighted by molar-refractivity contribution is -0.172. The molecule has 170 valence electrons. The number of hydrogen-bond donors (Lipinski definition) is 4. The van der Waals surface area contributed by atoms with E-state index in [2.05, 4.69) is 5.32 Å². The summed E-state index contributed by atoms with van der Waals surface area (Å²) in [6, 6.07) is 6.52. The molecular weight excluding hydrogens is 430 g/mol. The largest absolute Gasteiger partial charge is 0.508 e. The number of carbonyl (C=O) groups is 2. The van der Waals surface area contributed by atoms with E-state index in [1.165, 1.54) is 10.6 Å². The number of esters is 1. The second-order valence-corrected chi connectivity index (χ2v) is 8.16. The molecule has 10 heteroatoms. The van der Waals surface area contributed by atoms with Gasteiger partial charge in [0.15, 0.2) is 5.60 Å². The zero-order valence-electron chi connectivity index (χ0n) is 17.7. The Morgan fingerprint density at radius 2 is 2.09 bits per heavy atom. The van der Waals surface area contributed by atoms with Crippen LogP contribution < -0.4 is 10.9 Å².